The first-order valence-electron chi connectivity index (χ1n) is 7.31. The molecule has 0 saturated carbocycles. The fraction of sp³-hybridized carbons (Fsp3) is 0.312. The van der Waals surface area contributed by atoms with Crippen molar-refractivity contribution in [1.82, 2.24) is 4.31 Å². The van der Waals surface area contributed by atoms with E-state index in [2.05, 4.69) is 0 Å². The zero-order valence-corrected chi connectivity index (χ0v) is 13.4. The quantitative estimate of drug-likeness (QED) is 0.928. The van der Waals surface area contributed by atoms with Crippen LogP contribution < -0.4 is 0 Å². The van der Waals surface area contributed by atoms with Crippen LogP contribution in [0.1, 0.15) is 40.6 Å². The van der Waals surface area contributed by atoms with Gasteiger partial charge in [-0.3, -0.25) is 0 Å². The highest BCUT2D eigenvalue weighted by molar-refractivity contribution is 7.89. The highest BCUT2D eigenvalue weighted by Gasteiger charge is 2.38. The summed E-state index contributed by atoms with van der Waals surface area (Å²) in [5.74, 6) is -0.526. The molecule has 0 aliphatic carbocycles. The number of benzene rings is 1. The summed E-state index contributed by atoms with van der Waals surface area (Å²) < 4.78 is 32.8. The van der Waals surface area contributed by atoms with Crippen molar-refractivity contribution in [2.75, 3.05) is 6.54 Å². The van der Waals surface area contributed by atoms with Crippen LogP contribution in [0.25, 0.3) is 0 Å². The van der Waals surface area contributed by atoms with Crippen molar-refractivity contribution in [3.63, 3.8) is 0 Å². The maximum absolute atomic E-state index is 13.0. The average Bonchev–Trinajstić information content (AvgIpc) is 3.17. The van der Waals surface area contributed by atoms with Gasteiger partial charge in [0.25, 0.3) is 0 Å². The molecular formula is C16H17NO5S. The fourth-order valence-electron chi connectivity index (χ4n) is 3.04. The Hall–Kier alpha value is -2.12. The number of hydrogen-bond acceptors (Lipinski definition) is 4. The molecule has 23 heavy (non-hydrogen) atoms. The second-order valence-corrected chi connectivity index (χ2v) is 7.38. The number of sulfonamides is 1. The molecule has 1 aliphatic heterocycles. The maximum Gasteiger partial charge on any atom is 0.335 e. The largest absolute Gasteiger partial charge is 0.478 e. The van der Waals surface area contributed by atoms with E-state index in [1.165, 1.54) is 35.7 Å². The Morgan fingerprint density at radius 2 is 2.09 bits per heavy atom. The van der Waals surface area contributed by atoms with Crippen molar-refractivity contribution in [2.24, 2.45) is 0 Å². The molecule has 1 saturated heterocycles. The molecule has 0 radical (unpaired) electrons. The van der Waals surface area contributed by atoms with Crippen molar-refractivity contribution in [1.29, 1.82) is 0 Å². The second-order valence-electron chi connectivity index (χ2n) is 5.52. The van der Waals surface area contributed by atoms with E-state index in [4.69, 9.17) is 4.42 Å². The normalized spacial score (nSPS) is 19.1. The van der Waals surface area contributed by atoms with Crippen molar-refractivity contribution in [3.8, 4) is 0 Å². The van der Waals surface area contributed by atoms with Gasteiger partial charge in [-0.1, -0.05) is 6.07 Å². The molecule has 1 aliphatic rings. The third-order valence-corrected chi connectivity index (χ3v) is 6.23. The van der Waals surface area contributed by atoms with E-state index in [-0.39, 0.29) is 22.1 Å². The molecule has 3 rings (SSSR count). The van der Waals surface area contributed by atoms with Gasteiger partial charge in [0, 0.05) is 6.54 Å². The minimum absolute atomic E-state index is 0.000166. The third kappa shape index (κ3) is 2.66. The van der Waals surface area contributed by atoms with Crippen LogP contribution >= 0.6 is 0 Å². The molecule has 2 aromatic rings. The summed E-state index contributed by atoms with van der Waals surface area (Å²) in [5, 5.41) is 9.20. The highest BCUT2D eigenvalue weighted by Crippen LogP contribution is 2.37. The van der Waals surface area contributed by atoms with E-state index in [1.54, 1.807) is 12.1 Å². The Morgan fingerprint density at radius 1 is 1.30 bits per heavy atom. The molecule has 2 heterocycles. The molecule has 0 spiro atoms. The summed E-state index contributed by atoms with van der Waals surface area (Å²) >= 11 is 0. The molecule has 122 valence electrons. The SMILES string of the molecule is Cc1c(C(=O)O)cccc1S(=O)(=O)N1CCCC1c1ccco1. The zero-order valence-electron chi connectivity index (χ0n) is 12.6. The monoisotopic (exact) mass is 335 g/mol. The van der Waals surface area contributed by atoms with Gasteiger partial charge in [0.1, 0.15) is 5.76 Å². The molecule has 1 N–H and O–H groups in total. The fourth-order valence-corrected chi connectivity index (χ4v) is 4.96. The second kappa shape index (κ2) is 5.82. The van der Waals surface area contributed by atoms with Gasteiger partial charge in [0.15, 0.2) is 0 Å². The summed E-state index contributed by atoms with van der Waals surface area (Å²) in [6, 6.07) is 7.47. The predicted octanol–water partition coefficient (Wildman–Crippen LogP) is 2.81. The molecule has 1 atom stereocenters. The van der Waals surface area contributed by atoms with Gasteiger partial charge in [0.05, 0.1) is 22.8 Å². The molecule has 1 fully saturated rings. The number of nitrogens with zero attached hydrogens (tertiary/aromatic N) is 1. The smallest absolute Gasteiger partial charge is 0.335 e. The van der Waals surface area contributed by atoms with Crippen molar-refractivity contribution in [3.05, 3.63) is 53.5 Å². The Labute approximate surface area is 134 Å². The van der Waals surface area contributed by atoms with E-state index in [9.17, 15) is 18.3 Å². The summed E-state index contributed by atoms with van der Waals surface area (Å²) in [5.41, 5.74) is 0.255. The van der Waals surface area contributed by atoms with Crippen LogP contribution in [0.5, 0.6) is 0 Å². The first-order valence-corrected chi connectivity index (χ1v) is 8.75. The van der Waals surface area contributed by atoms with Gasteiger partial charge in [-0.15, -0.1) is 0 Å². The lowest BCUT2D eigenvalue weighted by Gasteiger charge is -2.23. The van der Waals surface area contributed by atoms with Gasteiger partial charge in [-0.25, -0.2) is 13.2 Å². The maximum atomic E-state index is 13.0. The van der Waals surface area contributed by atoms with Gasteiger partial charge < -0.3 is 9.52 Å². The summed E-state index contributed by atoms with van der Waals surface area (Å²) in [6.07, 6.45) is 2.95. The van der Waals surface area contributed by atoms with Crippen molar-refractivity contribution < 1.29 is 22.7 Å². The van der Waals surface area contributed by atoms with Crippen LogP contribution in [0.3, 0.4) is 0 Å². The number of hydrogen-bond donors (Lipinski definition) is 1. The van der Waals surface area contributed by atoms with Crippen LogP contribution in [0.15, 0.2) is 45.9 Å². The lowest BCUT2D eigenvalue weighted by molar-refractivity contribution is 0.0696. The molecule has 6 nitrogen and oxygen atoms in total. The Bertz CT molecular complexity index is 826. The van der Waals surface area contributed by atoms with Gasteiger partial charge in [-0.2, -0.15) is 4.31 Å². The summed E-state index contributed by atoms with van der Waals surface area (Å²) in [4.78, 5) is 11.3. The number of aromatic carboxylic acids is 1. The number of carboxylic acids is 1. The lowest BCUT2D eigenvalue weighted by atomic mass is 10.1. The minimum atomic E-state index is -3.79. The lowest BCUT2D eigenvalue weighted by Crippen LogP contribution is -2.31. The van der Waals surface area contributed by atoms with Crippen LogP contribution in [-0.2, 0) is 10.0 Å². The van der Waals surface area contributed by atoms with Crippen LogP contribution in [0.4, 0.5) is 0 Å². The molecule has 0 bridgehead atoms. The molecule has 1 unspecified atom stereocenters. The van der Waals surface area contributed by atoms with Crippen molar-refractivity contribution in [2.45, 2.75) is 30.7 Å². The first kappa shape index (κ1) is 15.8. The van der Waals surface area contributed by atoms with E-state index < -0.39 is 16.0 Å². The van der Waals surface area contributed by atoms with E-state index in [0.717, 1.165) is 6.42 Å². The first-order chi connectivity index (χ1) is 10.9. The van der Waals surface area contributed by atoms with Gasteiger partial charge >= 0.3 is 5.97 Å². The number of carboxylic acid groups (broad SMARTS) is 1. The van der Waals surface area contributed by atoms with Crippen molar-refractivity contribution >= 4 is 16.0 Å². The molecular weight excluding hydrogens is 318 g/mol. The molecule has 7 heteroatoms. The van der Waals surface area contributed by atoms with Crippen LogP contribution in [-0.4, -0.2) is 30.3 Å². The zero-order chi connectivity index (χ0) is 16.6. The third-order valence-electron chi connectivity index (χ3n) is 4.18. The van der Waals surface area contributed by atoms with Gasteiger partial charge in [0.2, 0.25) is 10.0 Å². The average molecular weight is 335 g/mol. The standard InChI is InChI=1S/C16H17NO5S/c1-11-12(16(18)19)5-2-8-15(11)23(20,21)17-9-3-6-13(17)14-7-4-10-22-14/h2,4-5,7-8,10,13H,3,6,9H2,1H3,(H,18,19). The van der Waals surface area contributed by atoms with Gasteiger partial charge in [-0.05, 0) is 49.6 Å². The number of carbonyl (C=O) groups is 1. The Balaban J connectivity index is 2.05. The Morgan fingerprint density at radius 3 is 2.74 bits per heavy atom. The topological polar surface area (TPSA) is 87.8 Å². The van der Waals surface area contributed by atoms with E-state index >= 15 is 0 Å². The molecule has 1 aromatic carbocycles. The molecule has 0 amide bonds. The van der Waals surface area contributed by atoms with E-state index in [1.807, 2.05) is 0 Å². The summed E-state index contributed by atoms with van der Waals surface area (Å²) in [7, 11) is -3.79. The summed E-state index contributed by atoms with van der Waals surface area (Å²) in [6.45, 7) is 1.92. The predicted molar refractivity (Wildman–Crippen MR) is 82.7 cm³/mol. The van der Waals surface area contributed by atoms with Crippen LogP contribution in [0.2, 0.25) is 0 Å². The minimum Gasteiger partial charge on any atom is -0.478 e. The number of rotatable bonds is 4. The van der Waals surface area contributed by atoms with E-state index in [0.29, 0.717) is 18.7 Å². The molecule has 1 aromatic heterocycles. The number of furan rings is 1. The Kier molecular flexibility index (Phi) is 3.99. The van der Waals surface area contributed by atoms with Crippen LogP contribution in [0, 0.1) is 6.92 Å². The highest BCUT2D eigenvalue weighted by atomic mass is 32.2.